The number of hydrogen-bond acceptors (Lipinski definition) is 3. The van der Waals surface area contributed by atoms with E-state index in [0.717, 1.165) is 34.8 Å². The van der Waals surface area contributed by atoms with E-state index < -0.39 is 39.5 Å². The number of sulfonamides is 1. The second-order valence-electron chi connectivity index (χ2n) is 6.13. The Morgan fingerprint density at radius 1 is 1.14 bits per heavy atom. The number of hydrogen-bond donors (Lipinski definition) is 1. The molecule has 0 saturated carbocycles. The molecule has 0 aliphatic carbocycles. The molecule has 2 aromatic carbocycles. The number of halogens is 4. The van der Waals surface area contributed by atoms with Gasteiger partial charge in [-0.1, -0.05) is 18.2 Å². The summed E-state index contributed by atoms with van der Waals surface area (Å²) in [5.41, 5.74) is -0.693. The molecule has 2 aromatic rings. The van der Waals surface area contributed by atoms with E-state index >= 15 is 0 Å². The second-order valence-corrected chi connectivity index (χ2v) is 7.99. The molecule has 10 heteroatoms. The lowest BCUT2D eigenvalue weighted by Gasteiger charge is -2.28. The third-order valence-corrected chi connectivity index (χ3v) is 5.11. The van der Waals surface area contributed by atoms with E-state index in [-0.39, 0.29) is 17.8 Å². The van der Waals surface area contributed by atoms with Gasteiger partial charge in [-0.3, -0.25) is 9.10 Å². The minimum atomic E-state index is -4.52. The Morgan fingerprint density at radius 2 is 1.79 bits per heavy atom. The summed E-state index contributed by atoms with van der Waals surface area (Å²) in [7, 11) is -3.93. The molecule has 5 nitrogen and oxygen atoms in total. The molecule has 0 fully saturated rings. The van der Waals surface area contributed by atoms with Gasteiger partial charge in [0, 0.05) is 6.54 Å². The van der Waals surface area contributed by atoms with Gasteiger partial charge >= 0.3 is 6.18 Å². The van der Waals surface area contributed by atoms with E-state index in [1.165, 1.54) is 31.2 Å². The number of benzene rings is 2. The molecule has 1 N–H and O–H groups in total. The molecular formula is C18H18F4N2O3S. The van der Waals surface area contributed by atoms with Crippen LogP contribution in [0.15, 0.2) is 48.5 Å². The maximum absolute atomic E-state index is 13.5. The largest absolute Gasteiger partial charge is 0.416 e. The van der Waals surface area contributed by atoms with Crippen molar-refractivity contribution in [1.82, 2.24) is 5.32 Å². The Labute approximate surface area is 160 Å². The van der Waals surface area contributed by atoms with Crippen LogP contribution in [0.1, 0.15) is 18.1 Å². The molecule has 0 aliphatic rings. The van der Waals surface area contributed by atoms with Gasteiger partial charge in [0.1, 0.15) is 11.9 Å². The lowest BCUT2D eigenvalue weighted by atomic mass is 10.1. The molecule has 0 radical (unpaired) electrons. The normalized spacial score (nSPS) is 13.1. The number of rotatable bonds is 6. The summed E-state index contributed by atoms with van der Waals surface area (Å²) in [4.78, 5) is 12.4. The first-order valence-electron chi connectivity index (χ1n) is 8.08. The number of nitrogens with zero attached hydrogens (tertiary/aromatic N) is 1. The molecule has 0 bridgehead atoms. The van der Waals surface area contributed by atoms with Crippen LogP contribution in [0.4, 0.5) is 23.2 Å². The van der Waals surface area contributed by atoms with Gasteiger partial charge in [-0.05, 0) is 42.8 Å². The zero-order valence-electron chi connectivity index (χ0n) is 15.0. The molecule has 152 valence electrons. The summed E-state index contributed by atoms with van der Waals surface area (Å²) in [5, 5.41) is 2.41. The Bertz CT molecular complexity index is 961. The van der Waals surface area contributed by atoms with Crippen molar-refractivity contribution in [2.75, 3.05) is 10.6 Å². The number of carbonyl (C=O) groups is 1. The topological polar surface area (TPSA) is 66.5 Å². The van der Waals surface area contributed by atoms with Crippen molar-refractivity contribution < 1.29 is 30.8 Å². The fourth-order valence-corrected chi connectivity index (χ4v) is 3.78. The Hall–Kier alpha value is -2.62. The third-order valence-electron chi connectivity index (χ3n) is 3.87. The zero-order chi connectivity index (χ0) is 21.1. The molecule has 1 amide bonds. The summed E-state index contributed by atoms with van der Waals surface area (Å²) >= 11 is 0. The van der Waals surface area contributed by atoms with Crippen molar-refractivity contribution in [1.29, 1.82) is 0 Å². The quantitative estimate of drug-likeness (QED) is 0.732. The van der Waals surface area contributed by atoms with Crippen molar-refractivity contribution in [2.45, 2.75) is 25.7 Å². The average Bonchev–Trinajstić information content (AvgIpc) is 2.58. The van der Waals surface area contributed by atoms with Crippen LogP contribution in [0.3, 0.4) is 0 Å². The highest BCUT2D eigenvalue weighted by molar-refractivity contribution is 7.92. The van der Waals surface area contributed by atoms with Gasteiger partial charge in [0.15, 0.2) is 0 Å². The van der Waals surface area contributed by atoms with Crippen LogP contribution in [0.2, 0.25) is 0 Å². The summed E-state index contributed by atoms with van der Waals surface area (Å²) in [6.07, 6.45) is -3.65. The van der Waals surface area contributed by atoms with Gasteiger partial charge in [-0.25, -0.2) is 12.8 Å². The van der Waals surface area contributed by atoms with Crippen molar-refractivity contribution in [2.24, 2.45) is 0 Å². The van der Waals surface area contributed by atoms with Crippen LogP contribution < -0.4 is 9.62 Å². The summed E-state index contributed by atoms with van der Waals surface area (Å²) < 4.78 is 76.7. The zero-order valence-corrected chi connectivity index (χ0v) is 15.8. The molecule has 0 spiro atoms. The van der Waals surface area contributed by atoms with E-state index in [1.807, 2.05) is 0 Å². The van der Waals surface area contributed by atoms with Crippen molar-refractivity contribution >= 4 is 21.6 Å². The fourth-order valence-electron chi connectivity index (χ4n) is 2.62. The fraction of sp³-hybridized carbons (Fsp3) is 0.278. The van der Waals surface area contributed by atoms with Gasteiger partial charge in [0.25, 0.3) is 0 Å². The summed E-state index contributed by atoms with van der Waals surface area (Å²) in [6.45, 7) is 1.07. The smallest absolute Gasteiger partial charge is 0.350 e. The maximum Gasteiger partial charge on any atom is 0.416 e. The number of amides is 1. The number of nitrogens with one attached hydrogen (secondary N) is 1. The Morgan fingerprint density at radius 3 is 2.36 bits per heavy atom. The molecular weight excluding hydrogens is 400 g/mol. The molecule has 0 aliphatic heterocycles. The van der Waals surface area contributed by atoms with E-state index in [0.29, 0.717) is 0 Å². The molecule has 1 atom stereocenters. The first-order chi connectivity index (χ1) is 12.9. The van der Waals surface area contributed by atoms with Crippen molar-refractivity contribution in [3.8, 4) is 0 Å². The van der Waals surface area contributed by atoms with Crippen LogP contribution in [0.25, 0.3) is 0 Å². The number of carbonyl (C=O) groups excluding carboxylic acids is 1. The average molecular weight is 418 g/mol. The first kappa shape index (κ1) is 21.7. The molecule has 28 heavy (non-hydrogen) atoms. The van der Waals surface area contributed by atoms with Crippen molar-refractivity contribution in [3.63, 3.8) is 0 Å². The lowest BCUT2D eigenvalue weighted by molar-refractivity contribution is -0.137. The van der Waals surface area contributed by atoms with E-state index in [9.17, 15) is 30.8 Å². The minimum Gasteiger partial charge on any atom is -0.350 e. The van der Waals surface area contributed by atoms with Crippen LogP contribution in [0.5, 0.6) is 0 Å². The maximum atomic E-state index is 13.5. The summed E-state index contributed by atoms with van der Waals surface area (Å²) in [5.74, 6) is -1.42. The summed E-state index contributed by atoms with van der Waals surface area (Å²) in [6, 6.07) is 7.90. The Balaban J connectivity index is 2.18. The van der Waals surface area contributed by atoms with Gasteiger partial charge < -0.3 is 5.32 Å². The van der Waals surface area contributed by atoms with Crippen LogP contribution in [-0.2, 0) is 27.5 Å². The standard InChI is InChI=1S/C18H18F4N2O3S/c1-12(24(28(2,26)27)16-8-4-7-15(19)10-16)17(25)23-11-13-5-3-6-14(9-13)18(20,21)22/h3-10,12H,11H2,1-2H3,(H,23,25)/t12-/m0/s1. The predicted molar refractivity (Wildman–Crippen MR) is 96.5 cm³/mol. The molecule has 2 rings (SSSR count). The van der Waals surface area contributed by atoms with Gasteiger partial charge in [0.2, 0.25) is 15.9 Å². The lowest BCUT2D eigenvalue weighted by Crippen LogP contribution is -2.47. The number of anilines is 1. The first-order valence-corrected chi connectivity index (χ1v) is 9.93. The highest BCUT2D eigenvalue weighted by Crippen LogP contribution is 2.29. The molecule has 0 aromatic heterocycles. The van der Waals surface area contributed by atoms with Crippen LogP contribution in [-0.4, -0.2) is 26.6 Å². The van der Waals surface area contributed by atoms with Gasteiger partial charge in [-0.2, -0.15) is 13.2 Å². The number of alkyl halides is 3. The highest BCUT2D eigenvalue weighted by atomic mass is 32.2. The van der Waals surface area contributed by atoms with E-state index in [4.69, 9.17) is 0 Å². The second kappa shape index (κ2) is 8.17. The Kier molecular flexibility index (Phi) is 6.33. The monoisotopic (exact) mass is 418 g/mol. The highest BCUT2D eigenvalue weighted by Gasteiger charge is 2.31. The third kappa shape index (κ3) is 5.44. The van der Waals surface area contributed by atoms with E-state index in [2.05, 4.69) is 5.32 Å². The van der Waals surface area contributed by atoms with Crippen molar-refractivity contribution in [3.05, 3.63) is 65.5 Å². The molecule has 0 heterocycles. The predicted octanol–water partition coefficient (Wildman–Crippen LogP) is 3.32. The molecule has 0 unspecified atom stereocenters. The van der Waals surface area contributed by atoms with Crippen LogP contribution >= 0.6 is 0 Å². The van der Waals surface area contributed by atoms with Crippen LogP contribution in [0, 0.1) is 5.82 Å². The van der Waals surface area contributed by atoms with Gasteiger partial charge in [-0.15, -0.1) is 0 Å². The SMILES string of the molecule is C[C@@H](C(=O)NCc1cccc(C(F)(F)F)c1)N(c1cccc(F)c1)S(C)(=O)=O. The van der Waals surface area contributed by atoms with E-state index in [1.54, 1.807) is 0 Å². The van der Waals surface area contributed by atoms with Gasteiger partial charge in [0.05, 0.1) is 17.5 Å². The molecule has 0 saturated heterocycles. The minimum absolute atomic E-state index is 0.0378.